The Morgan fingerprint density at radius 3 is 1.13 bits per heavy atom. The third kappa shape index (κ3) is 24.2. The van der Waals surface area contributed by atoms with Crippen LogP contribution in [0, 0.1) is 0 Å². The van der Waals surface area contributed by atoms with Crippen molar-refractivity contribution in [2.75, 3.05) is 14.2 Å². The predicted molar refractivity (Wildman–Crippen MR) is 198 cm³/mol. The number of methoxy groups -OCH3 is 2. The molecule has 0 aromatic heterocycles. The van der Waals surface area contributed by atoms with Gasteiger partial charge in [0.25, 0.3) is 0 Å². The van der Waals surface area contributed by atoms with E-state index in [-0.39, 0.29) is 11.2 Å². The molecule has 0 aliphatic rings. The van der Waals surface area contributed by atoms with Crippen molar-refractivity contribution in [3.05, 3.63) is 155 Å². The molecule has 0 amide bonds. The zero-order chi connectivity index (χ0) is 34.1. The Labute approximate surface area is 275 Å². The number of rotatable bonds is 19. The largest absolute Gasteiger partial charge is 0.378 e. The molecule has 0 N–H and O–H groups in total. The summed E-state index contributed by atoms with van der Waals surface area (Å²) in [5.74, 6) is 0. The molecule has 3 heteroatoms. The highest BCUT2D eigenvalue weighted by molar-refractivity contribution is 5.78. The maximum Gasteiger partial charge on any atom is 0.150 e. The van der Waals surface area contributed by atoms with Gasteiger partial charge < -0.3 is 9.47 Å². The van der Waals surface area contributed by atoms with E-state index in [0.717, 1.165) is 35.8 Å². The molecule has 0 aromatic rings. The van der Waals surface area contributed by atoms with Crippen molar-refractivity contribution in [2.45, 2.75) is 86.4 Å². The molecular formula is C42H58O3. The van der Waals surface area contributed by atoms with Crippen molar-refractivity contribution in [2.24, 2.45) is 0 Å². The molecule has 0 bridgehead atoms. The fraction of sp³-hybridized carbons (Fsp3) is 0.357. The monoisotopic (exact) mass is 610 g/mol. The lowest BCUT2D eigenvalue weighted by Gasteiger charge is -2.20. The van der Waals surface area contributed by atoms with Crippen LogP contribution in [0.3, 0.4) is 0 Å². The predicted octanol–water partition coefficient (Wildman–Crippen LogP) is 11.4. The second kappa shape index (κ2) is 23.6. The Morgan fingerprint density at radius 1 is 0.467 bits per heavy atom. The van der Waals surface area contributed by atoms with Crippen LogP contribution < -0.4 is 0 Å². The Kier molecular flexibility index (Phi) is 21.6. The lowest BCUT2D eigenvalue weighted by Crippen LogP contribution is -2.20. The summed E-state index contributed by atoms with van der Waals surface area (Å²) >= 11 is 0. The summed E-state index contributed by atoms with van der Waals surface area (Å²) in [7, 11) is 3.48. The van der Waals surface area contributed by atoms with Crippen LogP contribution in [0.1, 0.15) is 75.2 Å². The first kappa shape index (κ1) is 41.2. The molecular weight excluding hydrogens is 552 g/mol. The van der Waals surface area contributed by atoms with Gasteiger partial charge in [0.05, 0.1) is 11.2 Å². The quantitative estimate of drug-likeness (QED) is 0.0829. The summed E-state index contributed by atoms with van der Waals surface area (Å²) < 4.78 is 10.9. The normalized spacial score (nSPS) is 16.1. The fourth-order valence-electron chi connectivity index (χ4n) is 3.38. The fourth-order valence-corrected chi connectivity index (χ4v) is 3.38. The lowest BCUT2D eigenvalue weighted by atomic mass is 10.0. The van der Waals surface area contributed by atoms with E-state index in [1.807, 2.05) is 68.5 Å². The number of ether oxygens (including phenoxy) is 2. The number of allylic oxidation sites excluding steroid dienone is 24. The summed E-state index contributed by atoms with van der Waals surface area (Å²) in [6, 6.07) is 0. The SMILES string of the molecule is COC(C)(C)C/C=C/C(C)=C/C=C/C(C)=C/C=C/C(C)=C/C=C/C=C(C=O)\C=C\C=C(C)\C=C\C=C(C)\C=C\CC(C)(C)OC. The minimum absolute atomic E-state index is 0.138. The minimum atomic E-state index is -0.149. The first-order valence-corrected chi connectivity index (χ1v) is 15.6. The molecule has 0 unspecified atom stereocenters. The number of carbonyl (C=O) groups excluding carboxylic acids is 1. The van der Waals surface area contributed by atoms with Crippen LogP contribution in [0.15, 0.2) is 155 Å². The smallest absolute Gasteiger partial charge is 0.150 e. The highest BCUT2D eigenvalue weighted by Crippen LogP contribution is 2.15. The summed E-state index contributed by atoms with van der Waals surface area (Å²) in [5.41, 5.74) is 6.04. The van der Waals surface area contributed by atoms with E-state index >= 15 is 0 Å². The second-order valence-corrected chi connectivity index (χ2v) is 12.3. The standard InChI is InChI=1S/C42H58O3/c1-35(21-14-22-36(2)23-15-25-38(4)28-18-32-41(6,7)44-10)20-12-13-30-40(34-43)31-17-27-37(3)24-16-26-39(5)29-19-33-42(8,9)45-11/h12-31,34H,32-33H2,1-11H3/b13-12+,21-14+,23-15+,24-16+,28-18+,29-19+,31-17+,35-20+,36-22+,37-27+,38-25+,39-26+,40-30+. The molecule has 0 spiro atoms. The van der Waals surface area contributed by atoms with Gasteiger partial charge in [0.1, 0.15) is 6.29 Å². The summed E-state index contributed by atoms with van der Waals surface area (Å²) in [4.78, 5) is 11.5. The molecule has 0 atom stereocenters. The lowest BCUT2D eigenvalue weighted by molar-refractivity contribution is -0.104. The van der Waals surface area contributed by atoms with Crippen LogP contribution in [0.4, 0.5) is 0 Å². The van der Waals surface area contributed by atoms with E-state index in [2.05, 4.69) is 109 Å². The van der Waals surface area contributed by atoms with Gasteiger partial charge in [-0.1, -0.05) is 149 Å². The molecule has 244 valence electrons. The summed E-state index contributed by atoms with van der Waals surface area (Å²) in [6.45, 7) is 18.6. The van der Waals surface area contributed by atoms with Gasteiger partial charge in [0.15, 0.2) is 0 Å². The van der Waals surface area contributed by atoms with Gasteiger partial charge in [0, 0.05) is 19.8 Å². The maximum atomic E-state index is 11.5. The zero-order valence-corrected chi connectivity index (χ0v) is 29.8. The Hall–Kier alpha value is -3.79. The van der Waals surface area contributed by atoms with E-state index in [0.29, 0.717) is 5.57 Å². The molecule has 0 fully saturated rings. The van der Waals surface area contributed by atoms with Crippen LogP contribution >= 0.6 is 0 Å². The molecule has 3 nitrogen and oxygen atoms in total. The van der Waals surface area contributed by atoms with Gasteiger partial charge in [-0.15, -0.1) is 0 Å². The van der Waals surface area contributed by atoms with Gasteiger partial charge in [-0.2, -0.15) is 0 Å². The van der Waals surface area contributed by atoms with E-state index in [1.165, 1.54) is 11.1 Å². The first-order chi connectivity index (χ1) is 21.2. The van der Waals surface area contributed by atoms with Gasteiger partial charge in [-0.3, -0.25) is 4.79 Å². The zero-order valence-electron chi connectivity index (χ0n) is 29.8. The average molecular weight is 611 g/mol. The van der Waals surface area contributed by atoms with Crippen molar-refractivity contribution in [3.8, 4) is 0 Å². The minimum Gasteiger partial charge on any atom is -0.378 e. The van der Waals surface area contributed by atoms with Gasteiger partial charge >= 0.3 is 0 Å². The van der Waals surface area contributed by atoms with Crippen LogP contribution in [0.2, 0.25) is 0 Å². The van der Waals surface area contributed by atoms with Gasteiger partial charge in [-0.25, -0.2) is 0 Å². The van der Waals surface area contributed by atoms with Crippen LogP contribution in [0.25, 0.3) is 0 Å². The van der Waals surface area contributed by atoms with E-state index in [9.17, 15) is 4.79 Å². The van der Waals surface area contributed by atoms with Crippen LogP contribution in [-0.2, 0) is 14.3 Å². The van der Waals surface area contributed by atoms with Crippen molar-refractivity contribution in [1.29, 1.82) is 0 Å². The number of carbonyl (C=O) groups is 1. The van der Waals surface area contributed by atoms with E-state index < -0.39 is 0 Å². The van der Waals surface area contributed by atoms with Crippen LogP contribution in [-0.4, -0.2) is 31.7 Å². The Bertz CT molecular complexity index is 1300. The number of hydrogen-bond acceptors (Lipinski definition) is 3. The first-order valence-electron chi connectivity index (χ1n) is 15.6. The Morgan fingerprint density at radius 2 is 0.778 bits per heavy atom. The van der Waals surface area contributed by atoms with E-state index in [4.69, 9.17) is 9.47 Å². The third-order valence-electron chi connectivity index (χ3n) is 6.78. The molecule has 0 rings (SSSR count). The molecule has 45 heavy (non-hydrogen) atoms. The third-order valence-corrected chi connectivity index (χ3v) is 6.78. The topological polar surface area (TPSA) is 35.5 Å². The van der Waals surface area contributed by atoms with Gasteiger partial charge in [0.2, 0.25) is 0 Å². The van der Waals surface area contributed by atoms with Crippen LogP contribution in [0.5, 0.6) is 0 Å². The second-order valence-electron chi connectivity index (χ2n) is 12.3. The van der Waals surface area contributed by atoms with Crippen molar-refractivity contribution in [1.82, 2.24) is 0 Å². The molecule has 0 saturated heterocycles. The summed E-state index contributed by atoms with van der Waals surface area (Å²) in [6.07, 6.45) is 43.0. The van der Waals surface area contributed by atoms with Gasteiger partial charge in [-0.05, 0) is 75.2 Å². The summed E-state index contributed by atoms with van der Waals surface area (Å²) in [5, 5.41) is 0. The molecule has 0 heterocycles. The van der Waals surface area contributed by atoms with Crippen molar-refractivity contribution < 1.29 is 14.3 Å². The van der Waals surface area contributed by atoms with Crippen molar-refractivity contribution >= 4 is 6.29 Å². The van der Waals surface area contributed by atoms with E-state index in [1.54, 1.807) is 20.3 Å². The molecule has 0 saturated carbocycles. The number of aldehydes is 1. The van der Waals surface area contributed by atoms with Crippen molar-refractivity contribution in [3.63, 3.8) is 0 Å². The molecule has 0 radical (unpaired) electrons. The maximum absolute atomic E-state index is 11.5. The highest BCUT2D eigenvalue weighted by Gasteiger charge is 2.13. The molecule has 0 aromatic carbocycles. The molecule has 0 aliphatic carbocycles. The highest BCUT2D eigenvalue weighted by atomic mass is 16.5. The average Bonchev–Trinajstić information content (AvgIpc) is 2.98. The number of hydrogen-bond donors (Lipinski definition) is 0. The molecule has 0 aliphatic heterocycles. The Balaban J connectivity index is 4.94.